The summed E-state index contributed by atoms with van der Waals surface area (Å²) >= 11 is 0. The van der Waals surface area contributed by atoms with Crippen molar-refractivity contribution in [3.05, 3.63) is 29.8 Å². The number of anilines is 1. The third-order valence-corrected chi connectivity index (χ3v) is 3.37. The number of amides is 2. The van der Waals surface area contributed by atoms with Gasteiger partial charge in [0.05, 0.1) is 0 Å². The van der Waals surface area contributed by atoms with Gasteiger partial charge in [-0.05, 0) is 30.5 Å². The van der Waals surface area contributed by atoms with E-state index >= 15 is 0 Å². The van der Waals surface area contributed by atoms with Gasteiger partial charge in [0.1, 0.15) is 0 Å². The minimum Gasteiger partial charge on any atom is -0.378 e. The average Bonchev–Trinajstić information content (AvgIpc) is 3.13. The standard InChI is InChI=1S/C14H19N3O2/c1-9-7-12(9)14(19)16-15-13(18)10-5-4-6-11(8-10)17(2)3/h4-6,8-9,12H,7H2,1-3H3,(H,15,18)(H,16,19)/t9-,12-/m1/s1. The molecule has 5 nitrogen and oxygen atoms in total. The fourth-order valence-electron chi connectivity index (χ4n) is 1.90. The SMILES string of the molecule is C[C@@H]1C[C@H]1C(=O)NNC(=O)c1cccc(N(C)C)c1. The average molecular weight is 261 g/mol. The van der Waals surface area contributed by atoms with Crippen LogP contribution >= 0.6 is 0 Å². The van der Waals surface area contributed by atoms with Crippen LogP contribution < -0.4 is 15.8 Å². The molecule has 1 aromatic carbocycles. The normalized spacial score (nSPS) is 20.6. The number of nitrogens with zero attached hydrogens (tertiary/aromatic N) is 1. The molecular formula is C14H19N3O2. The molecule has 102 valence electrons. The van der Waals surface area contributed by atoms with Gasteiger partial charge >= 0.3 is 0 Å². The Kier molecular flexibility index (Phi) is 3.74. The molecule has 1 aliphatic rings. The summed E-state index contributed by atoms with van der Waals surface area (Å²) in [6.07, 6.45) is 0.901. The fraction of sp³-hybridized carbons (Fsp3) is 0.429. The van der Waals surface area contributed by atoms with Crippen LogP contribution in [0.5, 0.6) is 0 Å². The molecule has 2 amide bonds. The summed E-state index contributed by atoms with van der Waals surface area (Å²) in [5.41, 5.74) is 6.38. The topological polar surface area (TPSA) is 61.4 Å². The second-order valence-electron chi connectivity index (χ2n) is 5.21. The van der Waals surface area contributed by atoms with E-state index < -0.39 is 0 Å². The highest BCUT2D eigenvalue weighted by atomic mass is 16.2. The lowest BCUT2D eigenvalue weighted by Crippen LogP contribution is -2.42. The highest BCUT2D eigenvalue weighted by molar-refractivity contribution is 5.96. The van der Waals surface area contributed by atoms with Gasteiger partial charge in [-0.3, -0.25) is 20.4 Å². The lowest BCUT2D eigenvalue weighted by molar-refractivity contribution is -0.123. The van der Waals surface area contributed by atoms with E-state index in [4.69, 9.17) is 0 Å². The van der Waals surface area contributed by atoms with E-state index in [2.05, 4.69) is 10.9 Å². The maximum absolute atomic E-state index is 11.9. The number of rotatable bonds is 3. The first-order valence-electron chi connectivity index (χ1n) is 6.36. The Labute approximate surface area is 112 Å². The monoisotopic (exact) mass is 261 g/mol. The first-order valence-corrected chi connectivity index (χ1v) is 6.36. The molecular weight excluding hydrogens is 242 g/mol. The molecule has 1 saturated carbocycles. The molecule has 1 fully saturated rings. The van der Waals surface area contributed by atoms with Gasteiger partial charge in [-0.25, -0.2) is 0 Å². The fourth-order valence-corrected chi connectivity index (χ4v) is 1.90. The van der Waals surface area contributed by atoms with E-state index in [1.54, 1.807) is 12.1 Å². The van der Waals surface area contributed by atoms with Gasteiger partial charge in [0.2, 0.25) is 5.91 Å². The van der Waals surface area contributed by atoms with Gasteiger partial charge < -0.3 is 4.90 Å². The minimum absolute atomic E-state index is 0.0495. The third-order valence-electron chi connectivity index (χ3n) is 3.37. The highest BCUT2D eigenvalue weighted by Crippen LogP contribution is 2.37. The van der Waals surface area contributed by atoms with Crippen molar-refractivity contribution in [2.24, 2.45) is 11.8 Å². The smallest absolute Gasteiger partial charge is 0.269 e. The first-order chi connectivity index (χ1) is 8.99. The quantitative estimate of drug-likeness (QED) is 0.803. The summed E-state index contributed by atoms with van der Waals surface area (Å²) in [4.78, 5) is 25.4. The summed E-state index contributed by atoms with van der Waals surface area (Å²) in [5, 5.41) is 0. The molecule has 0 aliphatic heterocycles. The van der Waals surface area contributed by atoms with E-state index in [-0.39, 0.29) is 17.7 Å². The van der Waals surface area contributed by atoms with E-state index in [1.807, 2.05) is 38.1 Å². The van der Waals surface area contributed by atoms with Crippen molar-refractivity contribution >= 4 is 17.5 Å². The molecule has 5 heteroatoms. The molecule has 0 spiro atoms. The molecule has 1 aromatic rings. The molecule has 0 unspecified atom stereocenters. The summed E-state index contributed by atoms with van der Waals surface area (Å²) in [7, 11) is 3.82. The Morgan fingerprint density at radius 1 is 1.26 bits per heavy atom. The summed E-state index contributed by atoms with van der Waals surface area (Å²) < 4.78 is 0. The zero-order valence-electron chi connectivity index (χ0n) is 11.4. The number of hydrogen-bond acceptors (Lipinski definition) is 3. The Morgan fingerprint density at radius 3 is 2.53 bits per heavy atom. The molecule has 0 radical (unpaired) electrons. The Morgan fingerprint density at radius 2 is 1.95 bits per heavy atom. The largest absolute Gasteiger partial charge is 0.378 e. The summed E-state index contributed by atoms with van der Waals surface area (Å²) in [6.45, 7) is 2.02. The number of hydrazine groups is 1. The van der Waals surface area contributed by atoms with Crippen molar-refractivity contribution in [2.75, 3.05) is 19.0 Å². The van der Waals surface area contributed by atoms with Crippen molar-refractivity contribution in [2.45, 2.75) is 13.3 Å². The van der Waals surface area contributed by atoms with Crippen LogP contribution in [0.1, 0.15) is 23.7 Å². The second kappa shape index (κ2) is 5.30. The van der Waals surface area contributed by atoms with Gasteiger partial charge in [0.25, 0.3) is 5.91 Å². The van der Waals surface area contributed by atoms with Crippen LogP contribution in [-0.4, -0.2) is 25.9 Å². The van der Waals surface area contributed by atoms with Crippen LogP contribution in [-0.2, 0) is 4.79 Å². The van der Waals surface area contributed by atoms with Gasteiger partial charge in [-0.2, -0.15) is 0 Å². The highest BCUT2D eigenvalue weighted by Gasteiger charge is 2.39. The van der Waals surface area contributed by atoms with Gasteiger partial charge in [-0.1, -0.05) is 13.0 Å². The maximum Gasteiger partial charge on any atom is 0.269 e. The van der Waals surface area contributed by atoms with Gasteiger partial charge in [0.15, 0.2) is 0 Å². The zero-order valence-corrected chi connectivity index (χ0v) is 11.4. The third kappa shape index (κ3) is 3.24. The number of hydrogen-bond donors (Lipinski definition) is 2. The molecule has 0 saturated heterocycles. The number of benzene rings is 1. The van der Waals surface area contributed by atoms with Crippen molar-refractivity contribution in [3.8, 4) is 0 Å². The Balaban J connectivity index is 1.92. The Bertz CT molecular complexity index is 499. The van der Waals surface area contributed by atoms with Crippen molar-refractivity contribution in [3.63, 3.8) is 0 Å². The van der Waals surface area contributed by atoms with Crippen LogP contribution in [0.3, 0.4) is 0 Å². The first kappa shape index (κ1) is 13.4. The van der Waals surface area contributed by atoms with E-state index in [0.717, 1.165) is 12.1 Å². The lowest BCUT2D eigenvalue weighted by Gasteiger charge is -2.13. The molecule has 2 atom stereocenters. The van der Waals surface area contributed by atoms with Crippen LogP contribution in [0.15, 0.2) is 24.3 Å². The Hall–Kier alpha value is -2.04. The van der Waals surface area contributed by atoms with Crippen LogP contribution in [0.25, 0.3) is 0 Å². The van der Waals surface area contributed by atoms with E-state index in [1.165, 1.54) is 0 Å². The summed E-state index contributed by atoms with van der Waals surface area (Å²) in [5.74, 6) is 0.0670. The number of carbonyl (C=O) groups is 2. The van der Waals surface area contributed by atoms with E-state index in [9.17, 15) is 9.59 Å². The number of nitrogens with one attached hydrogen (secondary N) is 2. The molecule has 19 heavy (non-hydrogen) atoms. The molecule has 2 rings (SSSR count). The maximum atomic E-state index is 11.9. The predicted molar refractivity (Wildman–Crippen MR) is 73.6 cm³/mol. The lowest BCUT2D eigenvalue weighted by atomic mass is 10.2. The van der Waals surface area contributed by atoms with Crippen LogP contribution in [0.2, 0.25) is 0 Å². The van der Waals surface area contributed by atoms with Crippen molar-refractivity contribution in [1.82, 2.24) is 10.9 Å². The molecule has 0 heterocycles. The zero-order chi connectivity index (χ0) is 14.0. The predicted octanol–water partition coefficient (Wildman–Crippen LogP) is 1.17. The van der Waals surface area contributed by atoms with Crippen LogP contribution in [0, 0.1) is 11.8 Å². The summed E-state index contributed by atoms with van der Waals surface area (Å²) in [6, 6.07) is 7.23. The molecule has 0 aromatic heterocycles. The van der Waals surface area contributed by atoms with Gasteiger partial charge in [-0.15, -0.1) is 0 Å². The van der Waals surface area contributed by atoms with E-state index in [0.29, 0.717) is 11.5 Å². The van der Waals surface area contributed by atoms with Gasteiger partial charge in [0, 0.05) is 31.3 Å². The van der Waals surface area contributed by atoms with Crippen LogP contribution in [0.4, 0.5) is 5.69 Å². The minimum atomic E-state index is -0.301. The number of carbonyl (C=O) groups excluding carboxylic acids is 2. The molecule has 1 aliphatic carbocycles. The molecule has 2 N–H and O–H groups in total. The van der Waals surface area contributed by atoms with Crippen molar-refractivity contribution < 1.29 is 9.59 Å². The van der Waals surface area contributed by atoms with Crippen molar-refractivity contribution in [1.29, 1.82) is 0 Å². The molecule has 0 bridgehead atoms. The second-order valence-corrected chi connectivity index (χ2v) is 5.21.